The average Bonchev–Trinajstić information content (AvgIpc) is 3.03. The van der Waals surface area contributed by atoms with Gasteiger partial charge in [-0.05, 0) is 50.2 Å². The first-order chi connectivity index (χ1) is 19.0. The third-order valence-corrected chi connectivity index (χ3v) is 13.8. The van der Waals surface area contributed by atoms with Crippen molar-refractivity contribution in [2.45, 2.75) is 23.6 Å². The van der Waals surface area contributed by atoms with E-state index in [1.54, 1.807) is 60.7 Å². The molecule has 0 aromatic heterocycles. The van der Waals surface area contributed by atoms with E-state index in [0.29, 0.717) is 19.3 Å². The molecule has 0 radical (unpaired) electrons. The fourth-order valence-corrected chi connectivity index (χ4v) is 11.8. The number of aryl methyl sites for hydroxylation is 2. The van der Waals surface area contributed by atoms with Crippen molar-refractivity contribution in [1.29, 1.82) is 0 Å². The molecule has 1 heterocycles. The van der Waals surface area contributed by atoms with Crippen molar-refractivity contribution in [3.63, 3.8) is 0 Å². The van der Waals surface area contributed by atoms with Crippen LogP contribution in [0.15, 0.2) is 120 Å². The zero-order valence-electron chi connectivity index (χ0n) is 21.8. The maximum atomic E-state index is 15.4. The van der Waals surface area contributed by atoms with Gasteiger partial charge in [0.1, 0.15) is 0 Å². The fourth-order valence-electron chi connectivity index (χ4n) is 4.49. The maximum absolute atomic E-state index is 15.4. The van der Waals surface area contributed by atoms with E-state index in [4.69, 9.17) is 4.52 Å². The molecule has 0 unspecified atom stereocenters. The molecule has 5 rings (SSSR count). The number of hydrogen-bond acceptors (Lipinski definition) is 6. The average molecular weight is 595 g/mol. The van der Waals surface area contributed by atoms with Gasteiger partial charge in [0.15, 0.2) is 0 Å². The van der Waals surface area contributed by atoms with E-state index in [1.165, 1.54) is 42.5 Å². The Morgan fingerprint density at radius 2 is 1.05 bits per heavy atom. The minimum atomic E-state index is -5.04. The molecule has 11 heteroatoms. The second kappa shape index (κ2) is 10.4. The summed E-state index contributed by atoms with van der Waals surface area (Å²) < 4.78 is 80.2. The van der Waals surface area contributed by atoms with E-state index in [9.17, 15) is 16.8 Å². The molecule has 0 bridgehead atoms. The first-order valence-corrected chi connectivity index (χ1v) is 16.7. The summed E-state index contributed by atoms with van der Waals surface area (Å²) in [5, 5.41) is 0. The van der Waals surface area contributed by atoms with Crippen LogP contribution < -0.4 is 8.15 Å². The second-order valence-electron chi connectivity index (χ2n) is 9.23. The molecule has 0 fully saturated rings. The molecule has 4 aromatic carbocycles. The molecule has 0 atom stereocenters. The Morgan fingerprint density at radius 3 is 1.43 bits per heavy atom. The molecule has 1 aliphatic heterocycles. The number of hydrogen-bond donors (Lipinski definition) is 0. The molecule has 0 aliphatic carbocycles. The highest BCUT2D eigenvalue weighted by molar-refractivity contribution is 8.06. The topological polar surface area (TPSA) is 101 Å². The van der Waals surface area contributed by atoms with Gasteiger partial charge in [0.25, 0.3) is 20.0 Å². The van der Waals surface area contributed by atoms with Gasteiger partial charge < -0.3 is 0 Å². The summed E-state index contributed by atoms with van der Waals surface area (Å²) in [4.78, 5) is -0.344. The number of nitrogens with zero attached hydrogens (tertiary/aromatic N) is 2. The van der Waals surface area contributed by atoms with Crippen LogP contribution in [0.4, 0.5) is 11.4 Å². The third kappa shape index (κ3) is 4.57. The van der Waals surface area contributed by atoms with Crippen LogP contribution in [0.1, 0.15) is 11.1 Å². The van der Waals surface area contributed by atoms with Gasteiger partial charge in [0.05, 0.1) is 27.8 Å². The van der Waals surface area contributed by atoms with Gasteiger partial charge in [-0.15, -0.1) is 6.58 Å². The largest absolute Gasteiger partial charge is 0.425 e. The number of para-hydroxylation sites is 2. The normalized spacial score (nSPS) is 14.7. The Morgan fingerprint density at radius 1 is 0.675 bits per heavy atom. The van der Waals surface area contributed by atoms with E-state index in [-0.39, 0.29) is 27.8 Å². The van der Waals surface area contributed by atoms with Crippen molar-refractivity contribution in [1.82, 2.24) is 0 Å². The lowest BCUT2D eigenvalue weighted by Gasteiger charge is -2.37. The highest BCUT2D eigenvalue weighted by atomic mass is 32.2. The molecule has 0 spiro atoms. The molecular formula is C29H27N2O6PS2. The van der Waals surface area contributed by atoms with Crippen LogP contribution in [-0.4, -0.2) is 23.4 Å². The molecule has 0 N–H and O–H groups in total. The molecule has 4 aromatic rings. The zero-order chi connectivity index (χ0) is 28.7. The summed E-state index contributed by atoms with van der Waals surface area (Å²) >= 11 is 0. The zero-order valence-corrected chi connectivity index (χ0v) is 24.4. The highest BCUT2D eigenvalue weighted by Crippen LogP contribution is 2.66. The van der Waals surface area contributed by atoms with Crippen LogP contribution in [0.25, 0.3) is 11.1 Å². The van der Waals surface area contributed by atoms with Crippen LogP contribution in [0.3, 0.4) is 0 Å². The number of sulfonamides is 2. The highest BCUT2D eigenvalue weighted by Gasteiger charge is 2.54. The van der Waals surface area contributed by atoms with E-state index in [2.05, 4.69) is 6.58 Å². The van der Waals surface area contributed by atoms with Gasteiger partial charge in [-0.25, -0.2) is 21.4 Å². The monoisotopic (exact) mass is 594 g/mol. The summed E-state index contributed by atoms with van der Waals surface area (Å²) in [6.45, 7) is 6.84. The predicted molar refractivity (Wildman–Crippen MR) is 157 cm³/mol. The van der Waals surface area contributed by atoms with Gasteiger partial charge in [0.2, 0.25) is 0 Å². The molecule has 40 heavy (non-hydrogen) atoms. The summed E-state index contributed by atoms with van der Waals surface area (Å²) in [5.41, 5.74) is 2.42. The predicted octanol–water partition coefficient (Wildman–Crippen LogP) is 6.69. The Kier molecular flexibility index (Phi) is 7.22. The van der Waals surface area contributed by atoms with Crippen LogP contribution in [0, 0.1) is 13.8 Å². The Labute approximate surface area is 234 Å². The standard InChI is InChI=1S/C29H27N2O6PS2/c1-4-21-37-38(32)30(39(33,34)24-17-13-22(2)14-18-24)28-11-7-5-9-26(28)27-10-6-8-12-29(27)31(38)40(35,36)25-19-15-23(3)16-20-25/h4-20H,1,21H2,2-3H3. The van der Waals surface area contributed by atoms with E-state index >= 15 is 4.57 Å². The summed E-state index contributed by atoms with van der Waals surface area (Å²) in [6.07, 6.45) is 1.29. The van der Waals surface area contributed by atoms with Crippen molar-refractivity contribution in [3.05, 3.63) is 121 Å². The van der Waals surface area contributed by atoms with E-state index in [1.807, 2.05) is 13.8 Å². The Balaban J connectivity index is 1.92. The lowest BCUT2D eigenvalue weighted by Crippen LogP contribution is -2.39. The van der Waals surface area contributed by atoms with Gasteiger partial charge in [-0.1, -0.05) is 77.9 Å². The molecule has 8 nitrogen and oxygen atoms in total. The SMILES string of the molecule is C=CCOP1(=O)N(S(=O)(=O)c2ccc(C)cc2)c2ccccc2-c2ccccc2N1S(=O)(=O)c1ccc(C)cc1. The Bertz CT molecular complexity index is 1730. The van der Waals surface area contributed by atoms with Crippen molar-refractivity contribution >= 4 is 39.1 Å². The number of benzene rings is 4. The van der Waals surface area contributed by atoms with Gasteiger partial charge in [-0.2, -0.15) is 8.15 Å². The van der Waals surface area contributed by atoms with Crippen molar-refractivity contribution in [3.8, 4) is 11.1 Å². The van der Waals surface area contributed by atoms with Crippen LogP contribution >= 0.6 is 7.67 Å². The summed E-state index contributed by atoms with van der Waals surface area (Å²) in [6, 6.07) is 24.9. The van der Waals surface area contributed by atoms with E-state index in [0.717, 1.165) is 11.1 Å². The lowest BCUT2D eigenvalue weighted by atomic mass is 10.0. The van der Waals surface area contributed by atoms with E-state index < -0.39 is 27.7 Å². The van der Waals surface area contributed by atoms with Crippen LogP contribution in [0.2, 0.25) is 0 Å². The minimum Gasteiger partial charge on any atom is -0.292 e. The number of fused-ring (bicyclic) bond motifs is 3. The summed E-state index contributed by atoms with van der Waals surface area (Å²) in [5.74, 6) is 0. The number of anilines is 2. The Hall–Kier alpha value is -3.69. The third-order valence-electron chi connectivity index (χ3n) is 6.42. The van der Waals surface area contributed by atoms with Crippen LogP contribution in [0.5, 0.6) is 0 Å². The number of rotatable bonds is 7. The molecule has 0 saturated carbocycles. The fraction of sp³-hybridized carbons (Fsp3) is 0.103. The summed E-state index contributed by atoms with van der Waals surface area (Å²) in [7, 11) is -14.3. The quantitative estimate of drug-likeness (QED) is 0.175. The molecular weight excluding hydrogens is 567 g/mol. The maximum Gasteiger partial charge on any atom is 0.425 e. The van der Waals surface area contributed by atoms with Crippen molar-refractivity contribution in [2.24, 2.45) is 0 Å². The van der Waals surface area contributed by atoms with Gasteiger partial charge in [-0.3, -0.25) is 4.52 Å². The molecule has 0 amide bonds. The molecule has 206 valence electrons. The smallest absolute Gasteiger partial charge is 0.292 e. The van der Waals surface area contributed by atoms with Crippen molar-refractivity contribution in [2.75, 3.05) is 14.8 Å². The first-order valence-electron chi connectivity index (χ1n) is 12.3. The van der Waals surface area contributed by atoms with Crippen molar-refractivity contribution < 1.29 is 25.9 Å². The van der Waals surface area contributed by atoms with Crippen LogP contribution in [-0.2, 0) is 29.1 Å². The lowest BCUT2D eigenvalue weighted by molar-refractivity contribution is 0.354. The van der Waals surface area contributed by atoms with Gasteiger partial charge >= 0.3 is 7.67 Å². The first kappa shape index (κ1) is 27.9. The second-order valence-corrected chi connectivity index (χ2v) is 15.4. The molecule has 0 saturated heterocycles. The molecule has 1 aliphatic rings. The van der Waals surface area contributed by atoms with Gasteiger partial charge in [0, 0.05) is 11.1 Å². The minimum absolute atomic E-state index is 0.0181.